The third-order valence-electron chi connectivity index (χ3n) is 5.56. The van der Waals surface area contributed by atoms with Gasteiger partial charge < -0.3 is 9.84 Å². The molecule has 29 heavy (non-hydrogen) atoms. The smallest absolute Gasteiger partial charge is 0.317 e. The molecule has 0 radical (unpaired) electrons. The largest absolute Gasteiger partial charge is 0.481 e. The molecular formula is C25H48O4. The molecule has 0 heterocycles. The SMILES string of the molecule is CCCCCCCCCCCCCCCCCCCCCCOC(=O)CC(=O)O. The minimum absolute atomic E-state index is 0.352. The average Bonchev–Trinajstić information content (AvgIpc) is 2.68. The number of hydrogen-bond donors (Lipinski definition) is 1. The lowest BCUT2D eigenvalue weighted by atomic mass is 10.0. The average molecular weight is 413 g/mol. The lowest BCUT2D eigenvalue weighted by Crippen LogP contribution is -2.11. The molecule has 0 atom stereocenters. The van der Waals surface area contributed by atoms with Gasteiger partial charge in [0.15, 0.2) is 0 Å². The maximum absolute atomic E-state index is 11.1. The van der Waals surface area contributed by atoms with Crippen molar-refractivity contribution < 1.29 is 19.4 Å². The van der Waals surface area contributed by atoms with Crippen LogP contribution in [0.2, 0.25) is 0 Å². The van der Waals surface area contributed by atoms with Gasteiger partial charge >= 0.3 is 11.9 Å². The number of ether oxygens (including phenoxy) is 1. The molecule has 0 saturated carbocycles. The van der Waals surface area contributed by atoms with E-state index in [4.69, 9.17) is 9.84 Å². The van der Waals surface area contributed by atoms with Crippen molar-refractivity contribution in [2.75, 3.05) is 6.61 Å². The third-order valence-corrected chi connectivity index (χ3v) is 5.56. The van der Waals surface area contributed by atoms with Crippen molar-refractivity contribution >= 4 is 11.9 Å². The highest BCUT2D eigenvalue weighted by Gasteiger charge is 2.07. The van der Waals surface area contributed by atoms with E-state index in [1.54, 1.807) is 0 Å². The Bertz CT molecular complexity index is 368. The van der Waals surface area contributed by atoms with Crippen molar-refractivity contribution in [3.8, 4) is 0 Å². The summed E-state index contributed by atoms with van der Waals surface area (Å²) in [6.45, 7) is 2.63. The zero-order chi connectivity index (χ0) is 21.4. The highest BCUT2D eigenvalue weighted by Crippen LogP contribution is 2.14. The maximum atomic E-state index is 11.1. The van der Waals surface area contributed by atoms with Crippen molar-refractivity contribution in [3.63, 3.8) is 0 Å². The number of esters is 1. The Morgan fingerprint density at radius 3 is 1.17 bits per heavy atom. The van der Waals surface area contributed by atoms with Gasteiger partial charge in [0.1, 0.15) is 6.42 Å². The predicted molar refractivity (Wildman–Crippen MR) is 121 cm³/mol. The van der Waals surface area contributed by atoms with Crippen LogP contribution in [-0.4, -0.2) is 23.7 Å². The molecule has 0 unspecified atom stereocenters. The topological polar surface area (TPSA) is 63.6 Å². The van der Waals surface area contributed by atoms with E-state index in [9.17, 15) is 9.59 Å². The van der Waals surface area contributed by atoms with Gasteiger partial charge in [-0.25, -0.2) is 0 Å². The van der Waals surface area contributed by atoms with Crippen LogP contribution in [0.15, 0.2) is 0 Å². The summed E-state index contributed by atoms with van der Waals surface area (Å²) >= 11 is 0. The first-order valence-electron chi connectivity index (χ1n) is 12.5. The fourth-order valence-corrected chi connectivity index (χ4v) is 3.72. The predicted octanol–water partition coefficient (Wildman–Crippen LogP) is 7.83. The van der Waals surface area contributed by atoms with Gasteiger partial charge in [0.05, 0.1) is 6.61 Å². The number of carbonyl (C=O) groups excluding carboxylic acids is 1. The fourth-order valence-electron chi connectivity index (χ4n) is 3.72. The summed E-state index contributed by atoms with van der Waals surface area (Å²) in [4.78, 5) is 21.4. The Morgan fingerprint density at radius 1 is 0.552 bits per heavy atom. The van der Waals surface area contributed by atoms with Gasteiger partial charge in [-0.2, -0.15) is 0 Å². The maximum Gasteiger partial charge on any atom is 0.317 e. The fraction of sp³-hybridized carbons (Fsp3) is 0.920. The summed E-state index contributed by atoms with van der Waals surface area (Å²) in [7, 11) is 0. The van der Waals surface area contributed by atoms with Gasteiger partial charge in [-0.05, 0) is 6.42 Å². The molecule has 0 saturated heterocycles. The van der Waals surface area contributed by atoms with Crippen LogP contribution in [0.25, 0.3) is 0 Å². The Labute approximate surface area is 180 Å². The second kappa shape index (κ2) is 23.2. The van der Waals surface area contributed by atoms with Crippen LogP contribution in [-0.2, 0) is 14.3 Å². The van der Waals surface area contributed by atoms with E-state index in [2.05, 4.69) is 6.92 Å². The summed E-state index contributed by atoms with van der Waals surface area (Å²) in [6, 6.07) is 0. The molecular weight excluding hydrogens is 364 g/mol. The first-order valence-corrected chi connectivity index (χ1v) is 12.5. The zero-order valence-corrected chi connectivity index (χ0v) is 19.2. The molecule has 0 amide bonds. The first-order chi connectivity index (χ1) is 14.2. The molecule has 0 aliphatic carbocycles. The van der Waals surface area contributed by atoms with Crippen molar-refractivity contribution in [2.24, 2.45) is 0 Å². The van der Waals surface area contributed by atoms with E-state index in [-0.39, 0.29) is 0 Å². The number of rotatable bonds is 23. The molecule has 0 spiro atoms. The zero-order valence-electron chi connectivity index (χ0n) is 19.2. The monoisotopic (exact) mass is 412 g/mol. The second-order valence-electron chi connectivity index (χ2n) is 8.51. The Hall–Kier alpha value is -1.06. The van der Waals surface area contributed by atoms with Gasteiger partial charge in [-0.15, -0.1) is 0 Å². The minimum atomic E-state index is -1.13. The highest BCUT2D eigenvalue weighted by atomic mass is 16.5. The van der Waals surface area contributed by atoms with Crippen molar-refractivity contribution in [1.29, 1.82) is 0 Å². The number of aliphatic carboxylic acids is 1. The van der Waals surface area contributed by atoms with Gasteiger partial charge in [0.2, 0.25) is 0 Å². The summed E-state index contributed by atoms with van der Waals surface area (Å²) in [6.07, 6.45) is 26.3. The van der Waals surface area contributed by atoms with Crippen molar-refractivity contribution in [3.05, 3.63) is 0 Å². The Balaban J connectivity index is 3.07. The van der Waals surface area contributed by atoms with E-state index in [0.717, 1.165) is 12.8 Å². The molecule has 0 rings (SSSR count). The van der Waals surface area contributed by atoms with E-state index in [1.807, 2.05) is 0 Å². The second-order valence-corrected chi connectivity index (χ2v) is 8.51. The molecule has 0 aliphatic rings. The molecule has 172 valence electrons. The lowest BCUT2D eigenvalue weighted by Gasteiger charge is -2.04. The summed E-state index contributed by atoms with van der Waals surface area (Å²) in [5, 5.41) is 8.45. The Morgan fingerprint density at radius 2 is 0.862 bits per heavy atom. The van der Waals surface area contributed by atoms with Crippen LogP contribution >= 0.6 is 0 Å². The molecule has 0 aromatic rings. The number of unbranched alkanes of at least 4 members (excludes halogenated alkanes) is 19. The van der Waals surface area contributed by atoms with Crippen LogP contribution in [0, 0.1) is 0 Å². The normalized spacial score (nSPS) is 10.9. The van der Waals surface area contributed by atoms with Gasteiger partial charge in [0.25, 0.3) is 0 Å². The van der Waals surface area contributed by atoms with E-state index >= 15 is 0 Å². The van der Waals surface area contributed by atoms with E-state index < -0.39 is 18.4 Å². The van der Waals surface area contributed by atoms with Crippen LogP contribution in [0.3, 0.4) is 0 Å². The van der Waals surface area contributed by atoms with Crippen molar-refractivity contribution in [1.82, 2.24) is 0 Å². The Kier molecular flexibility index (Phi) is 22.4. The van der Waals surface area contributed by atoms with Crippen LogP contribution in [0.5, 0.6) is 0 Å². The molecule has 0 aliphatic heterocycles. The molecule has 0 aromatic carbocycles. The van der Waals surface area contributed by atoms with Crippen LogP contribution in [0.1, 0.15) is 142 Å². The number of hydrogen-bond acceptors (Lipinski definition) is 3. The van der Waals surface area contributed by atoms with Crippen LogP contribution < -0.4 is 0 Å². The molecule has 1 N–H and O–H groups in total. The van der Waals surface area contributed by atoms with Gasteiger partial charge in [0, 0.05) is 0 Å². The van der Waals surface area contributed by atoms with E-state index in [0.29, 0.717) is 6.61 Å². The standard InChI is InChI=1S/C25H48O4/c1-2-3-4-5-6-7-8-9-10-11-12-13-14-15-16-17-18-19-20-21-22-29-25(28)23-24(26)27/h2-23H2,1H3,(H,26,27). The summed E-state index contributed by atoms with van der Waals surface area (Å²) in [5.74, 6) is -1.76. The number of carbonyl (C=O) groups is 2. The molecule has 4 nitrogen and oxygen atoms in total. The summed E-state index contributed by atoms with van der Waals surface area (Å²) in [5.41, 5.74) is 0. The highest BCUT2D eigenvalue weighted by molar-refractivity contribution is 5.90. The molecule has 0 aromatic heterocycles. The lowest BCUT2D eigenvalue weighted by molar-refractivity contribution is -0.151. The number of carboxylic acid groups (broad SMARTS) is 1. The molecule has 0 bridgehead atoms. The first kappa shape index (κ1) is 27.9. The molecule has 4 heteroatoms. The number of carboxylic acids is 1. The van der Waals surface area contributed by atoms with Crippen molar-refractivity contribution in [2.45, 2.75) is 142 Å². The van der Waals surface area contributed by atoms with E-state index in [1.165, 1.54) is 116 Å². The minimum Gasteiger partial charge on any atom is -0.481 e. The van der Waals surface area contributed by atoms with Gasteiger partial charge in [-0.1, -0.05) is 129 Å². The molecule has 0 fully saturated rings. The van der Waals surface area contributed by atoms with Gasteiger partial charge in [-0.3, -0.25) is 9.59 Å². The quantitative estimate of drug-likeness (QED) is 0.105. The summed E-state index contributed by atoms with van der Waals surface area (Å²) < 4.78 is 4.87. The van der Waals surface area contributed by atoms with Crippen LogP contribution in [0.4, 0.5) is 0 Å². The third kappa shape index (κ3) is 24.9.